The van der Waals surface area contributed by atoms with Crippen LogP contribution in [0.15, 0.2) is 95.2 Å². The number of aliphatic hydroxyl groups excluding tert-OH is 1. The van der Waals surface area contributed by atoms with E-state index in [0.29, 0.717) is 34.0 Å². The Morgan fingerprint density at radius 3 is 2.28 bits per heavy atom. The van der Waals surface area contributed by atoms with Gasteiger partial charge in [-0.2, -0.15) is 0 Å². The average Bonchev–Trinajstić information content (AvgIpc) is 3.56. The lowest BCUT2D eigenvalue weighted by molar-refractivity contribution is -0.132. The third kappa shape index (κ3) is 3.98. The molecule has 1 aliphatic rings. The van der Waals surface area contributed by atoms with Crippen LogP contribution in [-0.4, -0.2) is 36.2 Å². The molecule has 1 fully saturated rings. The molecule has 36 heavy (non-hydrogen) atoms. The van der Waals surface area contributed by atoms with Crippen LogP contribution < -0.4 is 14.4 Å². The van der Waals surface area contributed by atoms with Gasteiger partial charge >= 0.3 is 0 Å². The molecule has 8 nitrogen and oxygen atoms in total. The van der Waals surface area contributed by atoms with Gasteiger partial charge in [0.2, 0.25) is 0 Å². The number of amides is 1. The van der Waals surface area contributed by atoms with Gasteiger partial charge in [0.15, 0.2) is 0 Å². The number of Topliss-reactive ketones (excluding diaryl/α,β-unsaturated/α-hetero) is 1. The number of aromatic nitrogens is 1. The first-order chi connectivity index (χ1) is 17.5. The molecule has 4 aromatic rings. The molecule has 2 heterocycles. The van der Waals surface area contributed by atoms with Gasteiger partial charge in [0.1, 0.15) is 29.2 Å². The highest BCUT2D eigenvalue weighted by molar-refractivity contribution is 6.51. The largest absolute Gasteiger partial charge is 0.507 e. The predicted molar refractivity (Wildman–Crippen MR) is 133 cm³/mol. The Labute approximate surface area is 207 Å². The zero-order valence-electron chi connectivity index (χ0n) is 19.5. The van der Waals surface area contributed by atoms with Crippen molar-refractivity contribution < 1.29 is 28.7 Å². The molecule has 1 N–H and O–H groups in total. The number of carbonyl (C=O) groups excluding carboxylic acids is 2. The minimum absolute atomic E-state index is 0.0148. The lowest BCUT2D eigenvalue weighted by atomic mass is 9.95. The van der Waals surface area contributed by atoms with Gasteiger partial charge in [-0.15, -0.1) is 0 Å². The molecular weight excluding hydrogens is 460 g/mol. The zero-order valence-corrected chi connectivity index (χ0v) is 19.5. The molecule has 180 valence electrons. The second-order valence-electron chi connectivity index (χ2n) is 8.11. The van der Waals surface area contributed by atoms with Crippen molar-refractivity contribution in [2.45, 2.75) is 6.04 Å². The summed E-state index contributed by atoms with van der Waals surface area (Å²) >= 11 is 0. The summed E-state index contributed by atoms with van der Waals surface area (Å²) in [7, 11) is 3.08. The van der Waals surface area contributed by atoms with Crippen molar-refractivity contribution in [3.05, 3.63) is 102 Å². The van der Waals surface area contributed by atoms with Crippen LogP contribution in [0.5, 0.6) is 11.5 Å². The fourth-order valence-corrected chi connectivity index (χ4v) is 4.28. The number of anilines is 1. The minimum atomic E-state index is -0.875. The van der Waals surface area contributed by atoms with E-state index in [-0.39, 0.29) is 11.3 Å². The monoisotopic (exact) mass is 482 g/mol. The van der Waals surface area contributed by atoms with Crippen molar-refractivity contribution in [3.8, 4) is 22.8 Å². The minimum Gasteiger partial charge on any atom is -0.507 e. The van der Waals surface area contributed by atoms with E-state index in [0.717, 1.165) is 5.56 Å². The summed E-state index contributed by atoms with van der Waals surface area (Å²) in [6.45, 7) is 0. The van der Waals surface area contributed by atoms with Crippen molar-refractivity contribution in [2.75, 3.05) is 19.1 Å². The van der Waals surface area contributed by atoms with Crippen molar-refractivity contribution >= 4 is 23.1 Å². The second kappa shape index (κ2) is 9.42. The highest BCUT2D eigenvalue weighted by atomic mass is 16.5. The van der Waals surface area contributed by atoms with Crippen LogP contribution in [0.1, 0.15) is 17.2 Å². The maximum absolute atomic E-state index is 13.4. The molecule has 0 spiro atoms. The van der Waals surface area contributed by atoms with Gasteiger partial charge in [-0.1, -0.05) is 29.4 Å². The summed E-state index contributed by atoms with van der Waals surface area (Å²) in [4.78, 5) is 28.1. The van der Waals surface area contributed by atoms with Gasteiger partial charge in [-0.25, -0.2) is 0 Å². The van der Waals surface area contributed by atoms with E-state index >= 15 is 0 Å². The molecule has 1 amide bonds. The first-order valence-electron chi connectivity index (χ1n) is 11.1. The lowest BCUT2D eigenvalue weighted by Crippen LogP contribution is -2.29. The van der Waals surface area contributed by atoms with Crippen LogP contribution in [0.3, 0.4) is 0 Å². The van der Waals surface area contributed by atoms with Gasteiger partial charge < -0.3 is 19.1 Å². The second-order valence-corrected chi connectivity index (χ2v) is 8.11. The number of ketones is 1. The van der Waals surface area contributed by atoms with Crippen LogP contribution >= 0.6 is 0 Å². The SMILES string of the molecule is COc1ccc(/C(O)=C2/C(=O)C(=O)N(c3ccc(-c4ccon4)cc3)C2c2cccc(OC)c2)cc1. The molecule has 0 saturated carbocycles. The summed E-state index contributed by atoms with van der Waals surface area (Å²) in [5.41, 5.74) is 2.92. The third-order valence-corrected chi connectivity index (χ3v) is 6.10. The summed E-state index contributed by atoms with van der Waals surface area (Å²) in [6.07, 6.45) is 1.48. The van der Waals surface area contributed by atoms with E-state index in [2.05, 4.69) is 5.16 Å². The molecule has 1 atom stereocenters. The van der Waals surface area contributed by atoms with Gasteiger partial charge in [-0.3, -0.25) is 14.5 Å². The van der Waals surface area contributed by atoms with Crippen LogP contribution in [0.2, 0.25) is 0 Å². The maximum Gasteiger partial charge on any atom is 0.300 e. The van der Waals surface area contributed by atoms with Crippen LogP contribution in [0.25, 0.3) is 17.0 Å². The van der Waals surface area contributed by atoms with E-state index in [9.17, 15) is 14.7 Å². The molecule has 3 aromatic carbocycles. The molecule has 1 unspecified atom stereocenters. The number of methoxy groups -OCH3 is 2. The van der Waals surface area contributed by atoms with Gasteiger partial charge in [-0.05, 0) is 54.1 Å². The van der Waals surface area contributed by atoms with Crippen molar-refractivity contribution in [2.24, 2.45) is 0 Å². The number of aliphatic hydroxyl groups is 1. The number of hydrogen-bond donors (Lipinski definition) is 1. The maximum atomic E-state index is 13.4. The Bertz CT molecular complexity index is 1440. The van der Waals surface area contributed by atoms with E-state index in [1.54, 1.807) is 78.9 Å². The third-order valence-electron chi connectivity index (χ3n) is 6.10. The predicted octanol–water partition coefficient (Wildman–Crippen LogP) is 4.99. The van der Waals surface area contributed by atoms with E-state index in [1.165, 1.54) is 25.4 Å². The van der Waals surface area contributed by atoms with Crippen LogP contribution in [-0.2, 0) is 9.59 Å². The number of nitrogens with zero attached hydrogens (tertiary/aromatic N) is 2. The molecule has 0 aliphatic carbocycles. The molecule has 0 radical (unpaired) electrons. The molecule has 1 aromatic heterocycles. The molecule has 0 bridgehead atoms. The molecule has 1 aliphatic heterocycles. The first-order valence-corrected chi connectivity index (χ1v) is 11.1. The summed E-state index contributed by atoms with van der Waals surface area (Å²) in [5.74, 6) is -0.637. The Morgan fingerprint density at radius 1 is 0.917 bits per heavy atom. The van der Waals surface area contributed by atoms with Gasteiger partial charge in [0.05, 0.1) is 25.8 Å². The molecule has 8 heteroatoms. The highest BCUT2D eigenvalue weighted by Gasteiger charge is 2.47. The molecule has 1 saturated heterocycles. The standard InChI is InChI=1S/C28H22N2O6/c1-34-21-12-8-18(9-13-21)26(31)24-25(19-4-3-5-22(16-19)35-2)30(28(33)27(24)32)20-10-6-17(7-11-20)23-14-15-36-29-23/h3-16,25,31H,1-2H3/b26-24-. The lowest BCUT2D eigenvalue weighted by Gasteiger charge is -2.26. The summed E-state index contributed by atoms with van der Waals surface area (Å²) in [6, 6.07) is 21.6. The Hall–Kier alpha value is -4.85. The Balaban J connectivity index is 1.65. The normalized spacial score (nSPS) is 16.8. The molecule has 5 rings (SSSR count). The zero-order chi connectivity index (χ0) is 25.2. The smallest absolute Gasteiger partial charge is 0.300 e. The van der Waals surface area contributed by atoms with E-state index in [4.69, 9.17) is 14.0 Å². The Morgan fingerprint density at radius 2 is 1.64 bits per heavy atom. The topological polar surface area (TPSA) is 102 Å². The fourth-order valence-electron chi connectivity index (χ4n) is 4.28. The van der Waals surface area contributed by atoms with E-state index in [1.807, 2.05) is 0 Å². The number of benzene rings is 3. The highest BCUT2D eigenvalue weighted by Crippen LogP contribution is 2.43. The van der Waals surface area contributed by atoms with Crippen LogP contribution in [0, 0.1) is 0 Å². The average molecular weight is 482 g/mol. The number of rotatable bonds is 6. The van der Waals surface area contributed by atoms with E-state index < -0.39 is 17.7 Å². The van der Waals surface area contributed by atoms with Crippen molar-refractivity contribution in [1.29, 1.82) is 0 Å². The van der Waals surface area contributed by atoms with Crippen LogP contribution in [0.4, 0.5) is 5.69 Å². The number of carbonyl (C=O) groups is 2. The summed E-state index contributed by atoms with van der Waals surface area (Å²) in [5, 5.41) is 15.2. The summed E-state index contributed by atoms with van der Waals surface area (Å²) < 4.78 is 15.5. The van der Waals surface area contributed by atoms with Crippen molar-refractivity contribution in [1.82, 2.24) is 5.16 Å². The fraction of sp³-hybridized carbons (Fsp3) is 0.107. The van der Waals surface area contributed by atoms with Gasteiger partial charge in [0.25, 0.3) is 11.7 Å². The number of ether oxygens (including phenoxy) is 2. The molecular formula is C28H22N2O6. The quantitative estimate of drug-likeness (QED) is 0.235. The van der Waals surface area contributed by atoms with Crippen molar-refractivity contribution in [3.63, 3.8) is 0 Å². The Kier molecular flexibility index (Phi) is 6.00. The number of hydrogen-bond acceptors (Lipinski definition) is 7. The first kappa shape index (κ1) is 22.9. The van der Waals surface area contributed by atoms with Gasteiger partial charge in [0, 0.05) is 22.9 Å².